The lowest BCUT2D eigenvalue weighted by Crippen LogP contribution is -2.62. The van der Waals surface area contributed by atoms with Gasteiger partial charge in [0.05, 0.1) is 0 Å². The summed E-state index contributed by atoms with van der Waals surface area (Å²) < 4.78 is 14.7. The predicted molar refractivity (Wildman–Crippen MR) is 105 cm³/mol. The first-order valence-corrected chi connectivity index (χ1v) is 13.7. The molecule has 3 unspecified atom stereocenters. The second-order valence-corrected chi connectivity index (χ2v) is 17.2. The van der Waals surface area contributed by atoms with Crippen molar-refractivity contribution in [3.8, 4) is 0 Å². The zero-order valence-electron chi connectivity index (χ0n) is 14.8. The van der Waals surface area contributed by atoms with Crippen LogP contribution in [0, 0.1) is 23.7 Å². The molecule has 25 heavy (non-hydrogen) atoms. The van der Waals surface area contributed by atoms with Gasteiger partial charge in [-0.3, -0.25) is 0 Å². The first-order valence-electron chi connectivity index (χ1n) is 10.3. The average Bonchev–Trinajstić information content (AvgIpc) is 2.41. The van der Waals surface area contributed by atoms with E-state index in [4.69, 9.17) is 34.4 Å². The molecule has 0 aliphatic heterocycles. The highest BCUT2D eigenvalue weighted by atomic mass is 35.7. The zero-order chi connectivity index (χ0) is 17.3. The maximum Gasteiger partial charge on any atom is 0.181 e. The summed E-state index contributed by atoms with van der Waals surface area (Å²) in [6, 6.07) is 0. The van der Waals surface area contributed by atoms with Crippen LogP contribution in [0.4, 0.5) is 0 Å². The molecule has 0 amide bonds. The van der Waals surface area contributed by atoms with Crippen molar-refractivity contribution in [2.24, 2.45) is 23.7 Å². The molecule has 140 valence electrons. The first-order chi connectivity index (χ1) is 11.6. The fourth-order valence-electron chi connectivity index (χ4n) is 9.38. The maximum atomic E-state index is 14.7. The van der Waals surface area contributed by atoms with Crippen LogP contribution in [0.25, 0.3) is 0 Å². The summed E-state index contributed by atoms with van der Waals surface area (Å²) in [5, 5.41) is -0.362. The molecule has 8 bridgehead atoms. The van der Waals surface area contributed by atoms with Crippen molar-refractivity contribution in [2.75, 3.05) is 0 Å². The van der Waals surface area contributed by atoms with E-state index in [0.717, 1.165) is 64.2 Å². The van der Waals surface area contributed by atoms with Gasteiger partial charge in [-0.2, -0.15) is 0 Å². The van der Waals surface area contributed by atoms with E-state index in [2.05, 4.69) is 0 Å². The molecule has 8 rings (SSSR count). The zero-order valence-corrected chi connectivity index (χ0v) is 17.9. The molecule has 0 saturated heterocycles. The molecule has 8 fully saturated rings. The van der Waals surface area contributed by atoms with E-state index in [1.165, 1.54) is 12.8 Å². The quantitative estimate of drug-likeness (QED) is 0.341. The molecule has 7 atom stereocenters. The molecule has 0 N–H and O–H groups in total. The van der Waals surface area contributed by atoms with E-state index in [9.17, 15) is 4.57 Å². The van der Waals surface area contributed by atoms with Gasteiger partial charge in [0.1, 0.15) is 0 Å². The molecule has 5 heteroatoms. The summed E-state index contributed by atoms with van der Waals surface area (Å²) >= 11 is 21.5. The number of hydrogen-bond donors (Lipinski definition) is 0. The van der Waals surface area contributed by atoms with Crippen LogP contribution in [0.1, 0.15) is 77.0 Å². The van der Waals surface area contributed by atoms with Gasteiger partial charge >= 0.3 is 0 Å². The van der Waals surface area contributed by atoms with Gasteiger partial charge in [0.15, 0.2) is 6.49 Å². The fraction of sp³-hybridized carbons (Fsp3) is 1.00. The van der Waals surface area contributed by atoms with E-state index in [1.807, 2.05) is 0 Å². The Morgan fingerprint density at radius 2 is 0.960 bits per heavy atom. The molecule has 1 nitrogen and oxygen atoms in total. The number of halogens is 3. The molecule has 0 spiro atoms. The van der Waals surface area contributed by atoms with Crippen LogP contribution in [0.5, 0.6) is 0 Å². The third kappa shape index (κ3) is 2.14. The lowest BCUT2D eigenvalue weighted by Gasteiger charge is -2.67. The maximum absolute atomic E-state index is 14.7. The van der Waals surface area contributed by atoms with E-state index < -0.39 is 6.49 Å². The minimum absolute atomic E-state index is 0.115. The Labute approximate surface area is 166 Å². The van der Waals surface area contributed by atoms with Gasteiger partial charge in [0, 0.05) is 20.1 Å². The van der Waals surface area contributed by atoms with Gasteiger partial charge in [-0.25, -0.2) is 0 Å². The molecule has 8 aliphatic rings. The van der Waals surface area contributed by atoms with Crippen molar-refractivity contribution in [1.82, 2.24) is 0 Å². The molecule has 0 radical (unpaired) electrons. The van der Waals surface area contributed by atoms with Crippen LogP contribution >= 0.6 is 40.9 Å². The summed E-state index contributed by atoms with van der Waals surface area (Å²) in [6.45, 7) is -2.87. The summed E-state index contributed by atoms with van der Waals surface area (Å²) in [7, 11) is 0. The standard InChI is InChI=1S/C20H28Cl3OP/c21-17-3-13-1-14(4-17)8-19(7-13,11-17)25(23,24)20-9-15-2-16(10-20)6-18(22,5-15)12-20/h13-16H,1-12H2/t13-,14-,15-,16+,17?,18?,19?,20?,25?/m0/s1. The molecule has 8 saturated carbocycles. The molecular weight excluding hydrogens is 394 g/mol. The SMILES string of the molecule is O=P(Cl)(C12C[C@@H]3C[C@@H](CC(Cl)(C3)C1)C2)C12C[C@H]3C[C@@H](CC(Cl)(C3)C1)C2. The third-order valence-electron chi connectivity index (χ3n) is 9.14. The van der Waals surface area contributed by atoms with E-state index in [0.29, 0.717) is 23.7 Å². The smallest absolute Gasteiger partial charge is 0.181 e. The van der Waals surface area contributed by atoms with Crippen molar-refractivity contribution in [2.45, 2.75) is 97.1 Å². The van der Waals surface area contributed by atoms with Crippen molar-refractivity contribution in [3.63, 3.8) is 0 Å². The van der Waals surface area contributed by atoms with Crippen LogP contribution in [-0.2, 0) is 4.57 Å². The van der Waals surface area contributed by atoms with Gasteiger partial charge in [-0.1, -0.05) is 11.2 Å². The normalized spacial score (nSPS) is 63.8. The Morgan fingerprint density at radius 1 is 0.640 bits per heavy atom. The topological polar surface area (TPSA) is 17.1 Å². The molecule has 0 heterocycles. The highest BCUT2D eigenvalue weighted by Gasteiger charge is 2.71. The second-order valence-electron chi connectivity index (χ2n) is 11.2. The van der Waals surface area contributed by atoms with Crippen molar-refractivity contribution in [3.05, 3.63) is 0 Å². The Morgan fingerprint density at radius 3 is 1.24 bits per heavy atom. The monoisotopic (exact) mass is 420 g/mol. The number of rotatable bonds is 2. The highest BCUT2D eigenvalue weighted by Crippen LogP contribution is 2.86. The Bertz CT molecular complexity index is 608. The molecule has 8 aliphatic carbocycles. The Balaban J connectivity index is 1.44. The van der Waals surface area contributed by atoms with Crippen LogP contribution in [0.2, 0.25) is 0 Å². The van der Waals surface area contributed by atoms with Gasteiger partial charge in [-0.05, 0) is 101 Å². The number of hydrogen-bond acceptors (Lipinski definition) is 1. The largest absolute Gasteiger partial charge is 0.305 e. The molecular formula is C20H28Cl3OP. The van der Waals surface area contributed by atoms with Gasteiger partial charge in [0.25, 0.3) is 0 Å². The van der Waals surface area contributed by atoms with Crippen molar-refractivity contribution < 1.29 is 4.57 Å². The van der Waals surface area contributed by atoms with E-state index in [-0.39, 0.29) is 20.1 Å². The Kier molecular flexibility index (Phi) is 3.27. The lowest BCUT2D eigenvalue weighted by atomic mass is 9.55. The van der Waals surface area contributed by atoms with Crippen LogP contribution in [0.15, 0.2) is 0 Å². The average molecular weight is 422 g/mol. The summed E-state index contributed by atoms with van der Waals surface area (Å²) in [5.41, 5.74) is 0. The van der Waals surface area contributed by atoms with Gasteiger partial charge < -0.3 is 4.57 Å². The predicted octanol–water partition coefficient (Wildman–Crippen LogP) is 7.16. The van der Waals surface area contributed by atoms with Crippen LogP contribution in [-0.4, -0.2) is 20.1 Å². The van der Waals surface area contributed by atoms with Gasteiger partial charge in [0.2, 0.25) is 0 Å². The first kappa shape index (κ1) is 17.0. The van der Waals surface area contributed by atoms with Gasteiger partial charge in [-0.15, -0.1) is 23.2 Å². The minimum Gasteiger partial charge on any atom is -0.305 e. The second kappa shape index (κ2) is 4.80. The molecule has 0 aromatic carbocycles. The number of alkyl halides is 2. The van der Waals surface area contributed by atoms with Crippen molar-refractivity contribution in [1.29, 1.82) is 0 Å². The summed E-state index contributed by atoms with van der Waals surface area (Å²) in [5.74, 6) is 2.63. The highest BCUT2D eigenvalue weighted by molar-refractivity contribution is 7.91. The molecule has 0 aromatic rings. The summed E-state index contributed by atoms with van der Waals surface area (Å²) in [4.78, 5) is -0.231. The third-order valence-corrected chi connectivity index (χ3v) is 15.7. The summed E-state index contributed by atoms with van der Waals surface area (Å²) in [6.07, 6.45) is 13.2. The lowest BCUT2D eigenvalue weighted by molar-refractivity contribution is 0.0301. The Hall–Kier alpha value is 1.10. The van der Waals surface area contributed by atoms with Crippen LogP contribution < -0.4 is 0 Å². The van der Waals surface area contributed by atoms with E-state index >= 15 is 0 Å². The fourth-order valence-corrected chi connectivity index (χ4v) is 16.1. The van der Waals surface area contributed by atoms with Crippen molar-refractivity contribution >= 4 is 40.9 Å². The molecule has 0 aromatic heterocycles. The van der Waals surface area contributed by atoms with Crippen LogP contribution in [0.3, 0.4) is 0 Å². The minimum atomic E-state index is -2.87. The van der Waals surface area contributed by atoms with E-state index in [1.54, 1.807) is 0 Å².